The number of nitrogens with one attached hydrogen (secondary N) is 1. The Kier molecular flexibility index (Phi) is 5.26. The fourth-order valence-corrected chi connectivity index (χ4v) is 2.48. The molecule has 25 heavy (non-hydrogen) atoms. The normalized spacial score (nSPS) is 10.4. The lowest BCUT2D eigenvalue weighted by Gasteiger charge is -2.08. The largest absolute Gasteiger partial charge is 0.350 e. The molecule has 0 radical (unpaired) electrons. The van der Waals surface area contributed by atoms with Crippen molar-refractivity contribution in [2.24, 2.45) is 0 Å². The van der Waals surface area contributed by atoms with E-state index >= 15 is 0 Å². The first kappa shape index (κ1) is 16.9. The molecule has 126 valence electrons. The van der Waals surface area contributed by atoms with Gasteiger partial charge in [-0.3, -0.25) is 14.2 Å². The number of amides is 1. The molecule has 0 atom stereocenters. The lowest BCUT2D eigenvalue weighted by Crippen LogP contribution is -2.30. The Hall–Kier alpha value is -2.92. The van der Waals surface area contributed by atoms with E-state index in [9.17, 15) is 9.59 Å². The molecule has 1 heterocycles. The Morgan fingerprint density at radius 2 is 1.80 bits per heavy atom. The molecule has 0 spiro atoms. The van der Waals surface area contributed by atoms with Crippen molar-refractivity contribution in [2.45, 2.75) is 6.54 Å². The lowest BCUT2D eigenvalue weighted by atomic mass is 10.1. The number of nitrogens with zero attached hydrogens (tertiary/aromatic N) is 2. The third-order valence-corrected chi connectivity index (χ3v) is 3.95. The molecule has 3 aromatic rings. The van der Waals surface area contributed by atoms with Crippen LogP contribution in [0.1, 0.15) is 10.4 Å². The summed E-state index contributed by atoms with van der Waals surface area (Å²) in [5.74, 6) is -0.210. The molecule has 1 aromatic heterocycles. The first-order chi connectivity index (χ1) is 12.1. The summed E-state index contributed by atoms with van der Waals surface area (Å²) in [5, 5.41) is 3.35. The summed E-state index contributed by atoms with van der Waals surface area (Å²) < 4.78 is 1.47. The Labute approximate surface area is 149 Å². The first-order valence-electron chi connectivity index (χ1n) is 7.79. The van der Waals surface area contributed by atoms with Gasteiger partial charge in [-0.05, 0) is 24.3 Å². The molecule has 0 unspecified atom stereocenters. The SMILES string of the molecule is O=C(NCCn1cnc(-c2ccccc2)cc1=O)c1ccc(Cl)cc1. The monoisotopic (exact) mass is 353 g/mol. The Balaban J connectivity index is 1.61. The van der Waals surface area contributed by atoms with Crippen LogP contribution in [0.2, 0.25) is 5.02 Å². The van der Waals surface area contributed by atoms with Crippen LogP contribution >= 0.6 is 11.6 Å². The number of rotatable bonds is 5. The fourth-order valence-electron chi connectivity index (χ4n) is 2.35. The van der Waals surface area contributed by atoms with Crippen LogP contribution in [0.3, 0.4) is 0 Å². The predicted molar refractivity (Wildman–Crippen MR) is 97.7 cm³/mol. The maximum absolute atomic E-state index is 12.2. The van der Waals surface area contributed by atoms with Crippen molar-refractivity contribution in [2.75, 3.05) is 6.54 Å². The van der Waals surface area contributed by atoms with Gasteiger partial charge in [0.25, 0.3) is 11.5 Å². The molecule has 0 fully saturated rings. The van der Waals surface area contributed by atoms with Crippen LogP contribution in [-0.2, 0) is 6.54 Å². The molecule has 0 aliphatic rings. The molecule has 3 rings (SSSR count). The van der Waals surface area contributed by atoms with Crippen molar-refractivity contribution >= 4 is 17.5 Å². The van der Waals surface area contributed by atoms with Crippen molar-refractivity contribution in [3.63, 3.8) is 0 Å². The molecule has 0 saturated heterocycles. The standard InChI is InChI=1S/C19H16ClN3O2/c20-16-8-6-15(7-9-16)19(25)21-10-11-23-13-22-17(12-18(23)24)14-4-2-1-3-5-14/h1-9,12-13H,10-11H2,(H,21,25). The summed E-state index contributed by atoms with van der Waals surface area (Å²) in [5.41, 5.74) is 1.89. The molecular weight excluding hydrogens is 338 g/mol. The summed E-state index contributed by atoms with van der Waals surface area (Å²) in [6, 6.07) is 17.6. The second-order valence-electron chi connectivity index (χ2n) is 5.43. The van der Waals surface area contributed by atoms with Gasteiger partial charge in [0.1, 0.15) is 0 Å². The van der Waals surface area contributed by atoms with Crippen LogP contribution in [0.25, 0.3) is 11.3 Å². The Morgan fingerprint density at radius 1 is 1.08 bits per heavy atom. The predicted octanol–water partition coefficient (Wildman–Crippen LogP) is 2.99. The van der Waals surface area contributed by atoms with Crippen LogP contribution in [0.15, 0.2) is 71.8 Å². The van der Waals surface area contributed by atoms with Gasteiger partial charge in [-0.2, -0.15) is 0 Å². The molecular formula is C19H16ClN3O2. The van der Waals surface area contributed by atoms with E-state index in [1.807, 2.05) is 30.3 Å². The van der Waals surface area contributed by atoms with Crippen molar-refractivity contribution in [1.29, 1.82) is 0 Å². The van der Waals surface area contributed by atoms with Gasteiger partial charge in [0.05, 0.1) is 12.0 Å². The summed E-state index contributed by atoms with van der Waals surface area (Å²) >= 11 is 5.80. The maximum Gasteiger partial charge on any atom is 0.253 e. The zero-order valence-electron chi connectivity index (χ0n) is 13.4. The molecule has 0 aliphatic carbocycles. The number of hydrogen-bond donors (Lipinski definition) is 1. The molecule has 0 bridgehead atoms. The number of hydrogen-bond acceptors (Lipinski definition) is 3. The van der Waals surface area contributed by atoms with Crippen LogP contribution in [-0.4, -0.2) is 22.0 Å². The van der Waals surface area contributed by atoms with E-state index in [2.05, 4.69) is 10.3 Å². The molecule has 0 saturated carbocycles. The zero-order valence-corrected chi connectivity index (χ0v) is 14.1. The van der Waals surface area contributed by atoms with E-state index in [1.54, 1.807) is 24.3 Å². The van der Waals surface area contributed by atoms with E-state index in [1.165, 1.54) is 17.0 Å². The quantitative estimate of drug-likeness (QED) is 0.767. The Morgan fingerprint density at radius 3 is 2.48 bits per heavy atom. The third-order valence-electron chi connectivity index (χ3n) is 3.69. The minimum atomic E-state index is -0.210. The highest BCUT2D eigenvalue weighted by Gasteiger charge is 2.06. The number of aromatic nitrogens is 2. The number of carbonyl (C=O) groups is 1. The van der Waals surface area contributed by atoms with Crippen LogP contribution in [0.5, 0.6) is 0 Å². The van der Waals surface area contributed by atoms with Gasteiger partial charge in [-0.25, -0.2) is 4.98 Å². The smallest absolute Gasteiger partial charge is 0.253 e. The van der Waals surface area contributed by atoms with Gasteiger partial charge >= 0.3 is 0 Å². The highest BCUT2D eigenvalue weighted by molar-refractivity contribution is 6.30. The molecule has 5 nitrogen and oxygen atoms in total. The van der Waals surface area contributed by atoms with Crippen molar-refractivity contribution in [3.8, 4) is 11.3 Å². The van der Waals surface area contributed by atoms with Gasteiger partial charge in [-0.1, -0.05) is 41.9 Å². The molecule has 1 amide bonds. The van der Waals surface area contributed by atoms with Gasteiger partial charge in [-0.15, -0.1) is 0 Å². The maximum atomic E-state index is 12.2. The van der Waals surface area contributed by atoms with Gasteiger partial charge in [0.2, 0.25) is 0 Å². The molecule has 0 aliphatic heterocycles. The van der Waals surface area contributed by atoms with E-state index in [0.717, 1.165) is 5.56 Å². The highest BCUT2D eigenvalue weighted by atomic mass is 35.5. The number of halogens is 1. The third kappa shape index (κ3) is 4.33. The highest BCUT2D eigenvalue weighted by Crippen LogP contribution is 2.13. The summed E-state index contributed by atoms with van der Waals surface area (Å²) in [4.78, 5) is 28.5. The van der Waals surface area contributed by atoms with Gasteiger partial charge < -0.3 is 5.32 Å². The molecule has 6 heteroatoms. The minimum Gasteiger partial charge on any atom is -0.350 e. The molecule has 2 aromatic carbocycles. The van der Waals surface area contributed by atoms with Gasteiger partial charge in [0.15, 0.2) is 0 Å². The topological polar surface area (TPSA) is 64.0 Å². The van der Waals surface area contributed by atoms with Crippen molar-refractivity contribution in [3.05, 3.63) is 87.9 Å². The second-order valence-corrected chi connectivity index (χ2v) is 5.87. The summed E-state index contributed by atoms with van der Waals surface area (Å²) in [6.07, 6.45) is 1.50. The summed E-state index contributed by atoms with van der Waals surface area (Å²) in [6.45, 7) is 0.675. The van der Waals surface area contributed by atoms with Crippen molar-refractivity contribution in [1.82, 2.24) is 14.9 Å². The zero-order chi connectivity index (χ0) is 17.6. The van der Waals surface area contributed by atoms with E-state index in [0.29, 0.717) is 29.4 Å². The van der Waals surface area contributed by atoms with E-state index < -0.39 is 0 Å². The average Bonchev–Trinajstić information content (AvgIpc) is 2.64. The van der Waals surface area contributed by atoms with Gasteiger partial charge in [0, 0.05) is 35.3 Å². The first-order valence-corrected chi connectivity index (χ1v) is 8.17. The van der Waals surface area contributed by atoms with E-state index in [4.69, 9.17) is 11.6 Å². The van der Waals surface area contributed by atoms with Crippen LogP contribution < -0.4 is 10.9 Å². The van der Waals surface area contributed by atoms with Crippen LogP contribution in [0.4, 0.5) is 0 Å². The minimum absolute atomic E-state index is 0.158. The number of carbonyl (C=O) groups excluding carboxylic acids is 1. The lowest BCUT2D eigenvalue weighted by molar-refractivity contribution is 0.0952. The van der Waals surface area contributed by atoms with E-state index in [-0.39, 0.29) is 11.5 Å². The fraction of sp³-hybridized carbons (Fsp3) is 0.105. The number of benzene rings is 2. The molecule has 1 N–H and O–H groups in total. The van der Waals surface area contributed by atoms with Crippen LogP contribution in [0, 0.1) is 0 Å². The van der Waals surface area contributed by atoms with Crippen molar-refractivity contribution < 1.29 is 4.79 Å². The summed E-state index contributed by atoms with van der Waals surface area (Å²) in [7, 11) is 0. The Bertz CT molecular complexity index is 921. The average molecular weight is 354 g/mol. The second kappa shape index (κ2) is 7.77.